The van der Waals surface area contributed by atoms with Crippen LogP contribution < -0.4 is 15.4 Å². The summed E-state index contributed by atoms with van der Waals surface area (Å²) in [6.07, 6.45) is 1.39. The molecule has 2 amide bonds. The topological polar surface area (TPSA) is 116 Å². The number of amides is 2. The van der Waals surface area contributed by atoms with Gasteiger partial charge >= 0.3 is 0 Å². The van der Waals surface area contributed by atoms with Crippen LogP contribution in [0.3, 0.4) is 0 Å². The summed E-state index contributed by atoms with van der Waals surface area (Å²) < 4.78 is 30.1. The molecule has 4 aliphatic rings. The third-order valence-electron chi connectivity index (χ3n) is 6.12. The highest BCUT2D eigenvalue weighted by atomic mass is 35.5. The van der Waals surface area contributed by atoms with Crippen molar-refractivity contribution < 1.29 is 27.9 Å². The molecule has 2 bridgehead atoms. The van der Waals surface area contributed by atoms with Crippen molar-refractivity contribution >= 4 is 23.4 Å². The fourth-order valence-corrected chi connectivity index (χ4v) is 4.69. The molecule has 0 spiro atoms. The number of aromatic nitrogens is 2. The van der Waals surface area contributed by atoms with E-state index < -0.39 is 23.7 Å². The van der Waals surface area contributed by atoms with E-state index in [0.29, 0.717) is 44.2 Å². The molecule has 6 rings (SSSR count). The molecule has 11 heteroatoms. The molecule has 3 aliphatic carbocycles. The summed E-state index contributed by atoms with van der Waals surface area (Å²) in [4.78, 5) is 24.6. The SMILES string of the molecule is O=C(COc1ccc(Cl)c(F)c1)NC(=O)C12CC(c3nnc(C4CNCCO4)o3)(C1)C2. The Hall–Kier alpha value is -2.56. The number of nitrogens with one attached hydrogen (secondary N) is 2. The van der Waals surface area contributed by atoms with Crippen molar-refractivity contribution in [2.75, 3.05) is 26.3 Å². The molecule has 1 aromatic carbocycles. The minimum absolute atomic E-state index is 0.0409. The van der Waals surface area contributed by atoms with Crippen LogP contribution in [0, 0.1) is 11.2 Å². The lowest BCUT2D eigenvalue weighted by molar-refractivity contribution is -0.182. The van der Waals surface area contributed by atoms with Gasteiger partial charge in [0, 0.05) is 19.2 Å². The van der Waals surface area contributed by atoms with Gasteiger partial charge in [0.15, 0.2) is 6.61 Å². The van der Waals surface area contributed by atoms with Gasteiger partial charge in [0.25, 0.3) is 5.91 Å². The number of halogens is 2. The first kappa shape index (κ1) is 20.3. The fraction of sp³-hybridized carbons (Fsp3) is 0.500. The number of hydrogen-bond acceptors (Lipinski definition) is 8. The molecule has 2 N–H and O–H groups in total. The molecular weight excluding hydrogens is 431 g/mol. The molecule has 2 aromatic rings. The van der Waals surface area contributed by atoms with Crippen LogP contribution in [0.2, 0.25) is 5.02 Å². The van der Waals surface area contributed by atoms with Crippen molar-refractivity contribution in [1.82, 2.24) is 20.8 Å². The summed E-state index contributed by atoms with van der Waals surface area (Å²) in [6.45, 7) is 1.59. The van der Waals surface area contributed by atoms with Crippen molar-refractivity contribution in [1.29, 1.82) is 0 Å². The minimum Gasteiger partial charge on any atom is -0.484 e. The second-order valence-electron chi connectivity index (χ2n) is 8.34. The zero-order valence-corrected chi connectivity index (χ0v) is 17.2. The van der Waals surface area contributed by atoms with E-state index in [1.54, 1.807) is 0 Å². The smallest absolute Gasteiger partial charge is 0.264 e. The van der Waals surface area contributed by atoms with Crippen LogP contribution in [0.15, 0.2) is 22.6 Å². The molecule has 1 aliphatic heterocycles. The number of imide groups is 1. The second kappa shape index (κ2) is 7.54. The molecule has 4 fully saturated rings. The lowest BCUT2D eigenvalue weighted by atomic mass is 9.34. The van der Waals surface area contributed by atoms with Crippen LogP contribution in [0.1, 0.15) is 37.1 Å². The molecule has 0 radical (unpaired) electrons. The highest BCUT2D eigenvalue weighted by Gasteiger charge is 2.74. The van der Waals surface area contributed by atoms with Gasteiger partial charge < -0.3 is 19.2 Å². The maximum atomic E-state index is 13.4. The Balaban J connectivity index is 1.12. The molecule has 1 saturated heterocycles. The number of ether oxygens (including phenoxy) is 2. The third kappa shape index (κ3) is 3.58. The number of hydrogen-bond donors (Lipinski definition) is 2. The third-order valence-corrected chi connectivity index (χ3v) is 6.43. The summed E-state index contributed by atoms with van der Waals surface area (Å²) in [5, 5.41) is 13.8. The van der Waals surface area contributed by atoms with Gasteiger partial charge in [-0.15, -0.1) is 10.2 Å². The number of carbonyl (C=O) groups is 2. The van der Waals surface area contributed by atoms with E-state index in [1.807, 2.05) is 0 Å². The molecule has 2 heterocycles. The van der Waals surface area contributed by atoms with Crippen LogP contribution in [-0.2, 0) is 19.7 Å². The molecule has 9 nitrogen and oxygen atoms in total. The highest BCUT2D eigenvalue weighted by molar-refractivity contribution is 6.30. The number of rotatable bonds is 6. The number of nitrogens with zero attached hydrogens (tertiary/aromatic N) is 2. The normalized spacial score (nSPS) is 28.9. The second-order valence-corrected chi connectivity index (χ2v) is 8.75. The monoisotopic (exact) mass is 450 g/mol. The van der Waals surface area contributed by atoms with Crippen molar-refractivity contribution in [2.24, 2.45) is 5.41 Å². The Kier molecular flexibility index (Phi) is 4.95. The van der Waals surface area contributed by atoms with Crippen molar-refractivity contribution in [2.45, 2.75) is 30.8 Å². The summed E-state index contributed by atoms with van der Waals surface area (Å²) in [5.41, 5.74) is -0.898. The first-order valence-electron chi connectivity index (χ1n) is 9.98. The molecule has 164 valence electrons. The molecule has 1 aromatic heterocycles. The maximum Gasteiger partial charge on any atom is 0.264 e. The lowest BCUT2D eigenvalue weighted by Gasteiger charge is -2.67. The standard InChI is InChI=1S/C20H20ClFN4O5/c21-12-2-1-11(5-13(12)22)30-7-15(27)24-17(28)19-8-20(9-19,10-19)18-26-25-16(31-18)14-6-23-3-4-29-14/h1-2,5,14,23H,3-4,6-10H2,(H,24,27,28). The summed E-state index contributed by atoms with van der Waals surface area (Å²) >= 11 is 5.61. The van der Waals surface area contributed by atoms with E-state index in [-0.39, 0.29) is 28.2 Å². The van der Waals surface area contributed by atoms with E-state index in [2.05, 4.69) is 20.8 Å². The van der Waals surface area contributed by atoms with Gasteiger partial charge in [0.05, 0.1) is 22.5 Å². The molecule has 1 atom stereocenters. The Morgan fingerprint density at radius 2 is 2.13 bits per heavy atom. The van der Waals surface area contributed by atoms with Gasteiger partial charge in [0.2, 0.25) is 17.7 Å². The van der Waals surface area contributed by atoms with Gasteiger partial charge in [-0.2, -0.15) is 0 Å². The Bertz CT molecular complexity index is 1020. The fourth-order valence-electron chi connectivity index (χ4n) is 4.57. The van der Waals surface area contributed by atoms with Crippen molar-refractivity contribution in [3.8, 4) is 5.75 Å². The maximum absolute atomic E-state index is 13.4. The molecule has 31 heavy (non-hydrogen) atoms. The summed E-state index contributed by atoms with van der Waals surface area (Å²) in [5.74, 6) is -0.475. The zero-order chi connectivity index (χ0) is 21.6. The summed E-state index contributed by atoms with van der Waals surface area (Å²) in [6, 6.07) is 3.85. The Morgan fingerprint density at radius 1 is 1.32 bits per heavy atom. The van der Waals surface area contributed by atoms with Crippen molar-refractivity contribution in [3.63, 3.8) is 0 Å². The largest absolute Gasteiger partial charge is 0.484 e. The first-order valence-corrected chi connectivity index (χ1v) is 10.4. The van der Waals surface area contributed by atoms with Gasteiger partial charge in [-0.05, 0) is 31.4 Å². The minimum atomic E-state index is -0.648. The van der Waals surface area contributed by atoms with Gasteiger partial charge in [0.1, 0.15) is 17.7 Å². The number of benzene rings is 1. The van der Waals surface area contributed by atoms with Crippen LogP contribution in [0.4, 0.5) is 4.39 Å². The van der Waals surface area contributed by atoms with E-state index in [9.17, 15) is 14.0 Å². The summed E-state index contributed by atoms with van der Waals surface area (Å²) in [7, 11) is 0. The molecular formula is C20H20ClFN4O5. The number of morpholine rings is 1. The molecule has 3 saturated carbocycles. The van der Waals surface area contributed by atoms with E-state index in [0.717, 1.165) is 12.6 Å². The van der Waals surface area contributed by atoms with Crippen LogP contribution >= 0.6 is 11.6 Å². The van der Waals surface area contributed by atoms with E-state index >= 15 is 0 Å². The predicted octanol–water partition coefficient (Wildman–Crippen LogP) is 1.67. The predicted molar refractivity (Wildman–Crippen MR) is 104 cm³/mol. The Labute approximate surface area is 181 Å². The van der Waals surface area contributed by atoms with E-state index in [4.69, 9.17) is 25.5 Å². The van der Waals surface area contributed by atoms with Crippen LogP contribution in [-0.4, -0.2) is 48.3 Å². The van der Waals surface area contributed by atoms with E-state index in [1.165, 1.54) is 12.1 Å². The molecule has 1 unspecified atom stereocenters. The average Bonchev–Trinajstić information content (AvgIpc) is 3.17. The zero-order valence-electron chi connectivity index (χ0n) is 16.5. The van der Waals surface area contributed by atoms with Crippen LogP contribution in [0.25, 0.3) is 0 Å². The highest BCUT2D eigenvalue weighted by Crippen LogP contribution is 2.73. The van der Waals surface area contributed by atoms with Gasteiger partial charge in [-0.25, -0.2) is 4.39 Å². The van der Waals surface area contributed by atoms with Gasteiger partial charge in [-0.3, -0.25) is 14.9 Å². The lowest BCUT2D eigenvalue weighted by Crippen LogP contribution is -2.70. The quantitative estimate of drug-likeness (QED) is 0.682. The van der Waals surface area contributed by atoms with Gasteiger partial charge in [-0.1, -0.05) is 11.6 Å². The number of carbonyl (C=O) groups excluding carboxylic acids is 2. The van der Waals surface area contributed by atoms with Crippen molar-refractivity contribution in [3.05, 3.63) is 40.8 Å². The van der Waals surface area contributed by atoms with Crippen LogP contribution in [0.5, 0.6) is 5.75 Å². The Morgan fingerprint density at radius 3 is 2.84 bits per heavy atom. The first-order chi connectivity index (χ1) is 14.9. The average molecular weight is 451 g/mol.